The van der Waals surface area contributed by atoms with Gasteiger partial charge in [0.2, 0.25) is 0 Å². The first kappa shape index (κ1) is 14.5. The molecule has 0 radical (unpaired) electrons. The van der Waals surface area contributed by atoms with E-state index in [1.807, 2.05) is 0 Å². The summed E-state index contributed by atoms with van der Waals surface area (Å²) in [6.45, 7) is 5.40. The molecule has 0 spiro atoms. The van der Waals surface area contributed by atoms with Gasteiger partial charge in [0.15, 0.2) is 0 Å². The van der Waals surface area contributed by atoms with Gasteiger partial charge < -0.3 is 10.4 Å². The van der Waals surface area contributed by atoms with E-state index >= 15 is 0 Å². The number of hydrogen-bond donors (Lipinski definition) is 2. The third-order valence-corrected chi connectivity index (χ3v) is 4.49. The Bertz CT molecular complexity index is 378. The molecule has 1 aliphatic carbocycles. The summed E-state index contributed by atoms with van der Waals surface area (Å²) in [6.07, 6.45) is 8.91. The average Bonchev–Trinajstić information content (AvgIpc) is 3.08. The molecule has 4 heteroatoms. The standard InChI is InChI=1S/C15H27N3O/c1-3-14(4-2)18-10-7-13(17-18)11-16-15(12-19)8-5-6-9-15/h7,10,14,16,19H,3-6,8-9,11-12H2,1-2H3. The lowest BCUT2D eigenvalue weighted by Gasteiger charge is -2.27. The summed E-state index contributed by atoms with van der Waals surface area (Å²) < 4.78 is 2.08. The quantitative estimate of drug-likeness (QED) is 0.797. The number of aliphatic hydroxyl groups is 1. The van der Waals surface area contributed by atoms with E-state index < -0.39 is 0 Å². The zero-order chi connectivity index (χ0) is 13.7. The molecule has 0 atom stereocenters. The Morgan fingerprint density at radius 3 is 2.63 bits per heavy atom. The molecule has 1 fully saturated rings. The van der Waals surface area contributed by atoms with E-state index in [1.54, 1.807) is 0 Å². The van der Waals surface area contributed by atoms with Crippen molar-refractivity contribution in [1.82, 2.24) is 15.1 Å². The predicted molar refractivity (Wildman–Crippen MR) is 77.0 cm³/mol. The number of nitrogens with one attached hydrogen (secondary N) is 1. The van der Waals surface area contributed by atoms with Crippen molar-refractivity contribution in [3.05, 3.63) is 18.0 Å². The van der Waals surface area contributed by atoms with E-state index in [-0.39, 0.29) is 12.1 Å². The fraction of sp³-hybridized carbons (Fsp3) is 0.800. The minimum Gasteiger partial charge on any atom is -0.394 e. The molecular formula is C15H27N3O. The van der Waals surface area contributed by atoms with Crippen LogP contribution in [0.2, 0.25) is 0 Å². The molecule has 0 aromatic carbocycles. The van der Waals surface area contributed by atoms with Crippen molar-refractivity contribution in [3.8, 4) is 0 Å². The molecule has 1 aromatic heterocycles. The summed E-state index contributed by atoms with van der Waals surface area (Å²) in [5.41, 5.74) is 1.02. The van der Waals surface area contributed by atoms with Crippen LogP contribution in [0.15, 0.2) is 12.3 Å². The van der Waals surface area contributed by atoms with Crippen LogP contribution < -0.4 is 5.32 Å². The highest BCUT2D eigenvalue weighted by molar-refractivity contribution is 5.02. The third kappa shape index (κ3) is 3.37. The smallest absolute Gasteiger partial charge is 0.0762 e. The van der Waals surface area contributed by atoms with Gasteiger partial charge >= 0.3 is 0 Å². The Hall–Kier alpha value is -0.870. The zero-order valence-electron chi connectivity index (χ0n) is 12.2. The Balaban J connectivity index is 1.93. The Morgan fingerprint density at radius 1 is 1.37 bits per heavy atom. The van der Waals surface area contributed by atoms with E-state index in [9.17, 15) is 5.11 Å². The Kier molecular flexibility index (Phi) is 4.99. The maximum Gasteiger partial charge on any atom is 0.0762 e. The van der Waals surface area contributed by atoms with Gasteiger partial charge in [0.1, 0.15) is 0 Å². The average molecular weight is 265 g/mol. The first-order valence-electron chi connectivity index (χ1n) is 7.63. The maximum absolute atomic E-state index is 9.58. The molecule has 0 aliphatic heterocycles. The van der Waals surface area contributed by atoms with Crippen LogP contribution in [-0.2, 0) is 6.54 Å². The van der Waals surface area contributed by atoms with Crippen molar-refractivity contribution < 1.29 is 5.11 Å². The second kappa shape index (κ2) is 6.53. The van der Waals surface area contributed by atoms with E-state index in [1.165, 1.54) is 12.8 Å². The van der Waals surface area contributed by atoms with Crippen LogP contribution in [0, 0.1) is 0 Å². The lowest BCUT2D eigenvalue weighted by atomic mass is 9.99. The van der Waals surface area contributed by atoms with Crippen LogP contribution in [0.1, 0.15) is 64.1 Å². The van der Waals surface area contributed by atoms with Crippen LogP contribution in [-0.4, -0.2) is 27.0 Å². The highest BCUT2D eigenvalue weighted by Crippen LogP contribution is 2.29. The van der Waals surface area contributed by atoms with Gasteiger partial charge in [-0.1, -0.05) is 26.7 Å². The summed E-state index contributed by atoms with van der Waals surface area (Å²) in [4.78, 5) is 0. The van der Waals surface area contributed by atoms with E-state index in [2.05, 4.69) is 41.2 Å². The molecular weight excluding hydrogens is 238 g/mol. The number of rotatable bonds is 7. The lowest BCUT2D eigenvalue weighted by molar-refractivity contribution is 0.162. The lowest BCUT2D eigenvalue weighted by Crippen LogP contribution is -2.45. The van der Waals surface area contributed by atoms with Gasteiger partial charge in [-0.2, -0.15) is 5.10 Å². The Labute approximate surface area is 116 Å². The number of aliphatic hydroxyl groups excluding tert-OH is 1. The summed E-state index contributed by atoms with van der Waals surface area (Å²) in [5.74, 6) is 0. The number of hydrogen-bond acceptors (Lipinski definition) is 3. The van der Waals surface area contributed by atoms with Crippen molar-refractivity contribution in [2.24, 2.45) is 0 Å². The van der Waals surface area contributed by atoms with E-state index in [0.29, 0.717) is 6.04 Å². The Morgan fingerprint density at radius 2 is 2.05 bits per heavy atom. The van der Waals surface area contributed by atoms with Crippen molar-refractivity contribution in [3.63, 3.8) is 0 Å². The normalized spacial score (nSPS) is 18.3. The van der Waals surface area contributed by atoms with Crippen LogP contribution in [0.4, 0.5) is 0 Å². The summed E-state index contributed by atoms with van der Waals surface area (Å²) >= 11 is 0. The molecule has 4 nitrogen and oxygen atoms in total. The molecule has 1 aliphatic rings. The SMILES string of the molecule is CCC(CC)n1ccc(CNC2(CO)CCCC2)n1. The molecule has 1 aromatic rings. The van der Waals surface area contributed by atoms with Crippen LogP contribution in [0.25, 0.3) is 0 Å². The molecule has 0 amide bonds. The van der Waals surface area contributed by atoms with Crippen molar-refractivity contribution >= 4 is 0 Å². The van der Waals surface area contributed by atoms with E-state index in [0.717, 1.165) is 37.9 Å². The highest BCUT2D eigenvalue weighted by Gasteiger charge is 2.32. The second-order valence-corrected chi connectivity index (χ2v) is 5.76. The predicted octanol–water partition coefficient (Wildman–Crippen LogP) is 2.64. The van der Waals surface area contributed by atoms with Crippen molar-refractivity contribution in [2.75, 3.05) is 6.61 Å². The van der Waals surface area contributed by atoms with Gasteiger partial charge in [-0.25, -0.2) is 0 Å². The van der Waals surface area contributed by atoms with E-state index in [4.69, 9.17) is 0 Å². The summed E-state index contributed by atoms with van der Waals surface area (Å²) in [7, 11) is 0. The third-order valence-electron chi connectivity index (χ3n) is 4.49. The minimum absolute atomic E-state index is 0.0569. The minimum atomic E-state index is -0.0569. The summed E-state index contributed by atoms with van der Waals surface area (Å²) in [6, 6.07) is 2.60. The molecule has 1 heterocycles. The van der Waals surface area contributed by atoms with Crippen LogP contribution >= 0.6 is 0 Å². The second-order valence-electron chi connectivity index (χ2n) is 5.76. The van der Waals surface area contributed by atoms with Gasteiger partial charge in [0, 0.05) is 18.3 Å². The fourth-order valence-corrected chi connectivity index (χ4v) is 3.06. The van der Waals surface area contributed by atoms with Crippen LogP contribution in [0.5, 0.6) is 0 Å². The highest BCUT2D eigenvalue weighted by atomic mass is 16.3. The maximum atomic E-state index is 9.58. The molecule has 0 bridgehead atoms. The first-order valence-corrected chi connectivity index (χ1v) is 7.63. The van der Waals surface area contributed by atoms with Gasteiger partial charge in [0.25, 0.3) is 0 Å². The molecule has 2 rings (SSSR count). The topological polar surface area (TPSA) is 50.1 Å². The largest absolute Gasteiger partial charge is 0.394 e. The molecule has 0 saturated heterocycles. The fourth-order valence-electron chi connectivity index (χ4n) is 3.06. The van der Waals surface area contributed by atoms with Gasteiger partial charge in [-0.15, -0.1) is 0 Å². The van der Waals surface area contributed by atoms with Gasteiger partial charge in [0.05, 0.1) is 18.3 Å². The van der Waals surface area contributed by atoms with Gasteiger partial charge in [-0.3, -0.25) is 4.68 Å². The molecule has 2 N–H and O–H groups in total. The van der Waals surface area contributed by atoms with Crippen LogP contribution in [0.3, 0.4) is 0 Å². The molecule has 19 heavy (non-hydrogen) atoms. The zero-order valence-corrected chi connectivity index (χ0v) is 12.2. The number of nitrogens with zero attached hydrogens (tertiary/aromatic N) is 2. The van der Waals surface area contributed by atoms with Gasteiger partial charge in [-0.05, 0) is 31.7 Å². The molecule has 0 unspecified atom stereocenters. The monoisotopic (exact) mass is 265 g/mol. The number of aromatic nitrogens is 2. The first-order chi connectivity index (χ1) is 9.23. The molecule has 1 saturated carbocycles. The molecule has 108 valence electrons. The summed E-state index contributed by atoms with van der Waals surface area (Å²) in [5, 5.41) is 17.8. The van der Waals surface area contributed by atoms with Crippen molar-refractivity contribution in [1.29, 1.82) is 0 Å². The van der Waals surface area contributed by atoms with Crippen molar-refractivity contribution in [2.45, 2.75) is 70.5 Å².